The first-order valence-electron chi connectivity index (χ1n) is 11.5. The van der Waals surface area contributed by atoms with Gasteiger partial charge < -0.3 is 0 Å². The van der Waals surface area contributed by atoms with Gasteiger partial charge in [0.2, 0.25) is 0 Å². The van der Waals surface area contributed by atoms with E-state index in [9.17, 15) is 0 Å². The van der Waals surface area contributed by atoms with Gasteiger partial charge in [0.25, 0.3) is 0 Å². The summed E-state index contributed by atoms with van der Waals surface area (Å²) in [7, 11) is -1.64. The topological polar surface area (TPSA) is 12.4 Å². The first-order chi connectivity index (χ1) is 13.2. The molecule has 0 radical (unpaired) electrons. The van der Waals surface area contributed by atoms with Crippen molar-refractivity contribution in [2.24, 2.45) is 4.74 Å². The van der Waals surface area contributed by atoms with Crippen LogP contribution in [0, 0.1) is 0 Å². The Hall–Kier alpha value is -0.0957. The number of nitrogens with zero attached hydrogens (tertiary/aromatic N) is 1. The molecule has 172 valence electrons. The maximum atomic E-state index is 5.64. The molecule has 1 nitrogen and oxygen atoms in total. The van der Waals surface area contributed by atoms with Gasteiger partial charge in [0, 0.05) is 49.3 Å². The fourth-order valence-electron chi connectivity index (χ4n) is 4.50. The quantitative estimate of drug-likeness (QED) is 0.191. The molecule has 3 heteroatoms. The van der Waals surface area contributed by atoms with Crippen molar-refractivity contribution in [1.29, 1.82) is 0 Å². The fraction of sp³-hybridized carbons (Fsp3) is 0.704. The van der Waals surface area contributed by atoms with Crippen molar-refractivity contribution in [2.45, 2.75) is 124 Å². The molecule has 30 heavy (non-hydrogen) atoms. The van der Waals surface area contributed by atoms with Crippen molar-refractivity contribution in [2.75, 3.05) is 0 Å². The Morgan fingerprint density at radius 1 is 0.967 bits per heavy atom. The Morgan fingerprint density at radius 2 is 1.37 bits per heavy atom. The normalized spacial score (nSPS) is 15.1. The van der Waals surface area contributed by atoms with E-state index in [-0.39, 0.29) is 37.2 Å². The van der Waals surface area contributed by atoms with Crippen LogP contribution in [0.1, 0.15) is 109 Å². The Bertz CT molecular complexity index is 655. The molecule has 0 aromatic rings. The monoisotopic (exact) mass is 467 g/mol. The molecule has 0 aromatic heterocycles. The second-order valence-corrected chi connectivity index (χ2v) is 15.4. The van der Waals surface area contributed by atoms with Crippen molar-refractivity contribution in [1.82, 2.24) is 0 Å². The van der Waals surface area contributed by atoms with Crippen LogP contribution in [0.3, 0.4) is 0 Å². The Morgan fingerprint density at radius 3 is 1.57 bits per heavy atom. The summed E-state index contributed by atoms with van der Waals surface area (Å²) < 4.78 is 5.64. The van der Waals surface area contributed by atoms with E-state index in [0.29, 0.717) is 0 Å². The van der Waals surface area contributed by atoms with Crippen molar-refractivity contribution in [3.8, 4) is 0 Å². The zero-order chi connectivity index (χ0) is 23.1. The third kappa shape index (κ3) is 6.95. The Labute approximate surface area is 204 Å². The zero-order valence-electron chi connectivity index (χ0n) is 22.2. The molecule has 0 N–H and O–H groups in total. The molecule has 0 atom stereocenters. The van der Waals surface area contributed by atoms with Crippen LogP contribution in [-0.4, -0.2) is 15.5 Å². The van der Waals surface area contributed by atoms with Crippen molar-refractivity contribution >= 4 is 7.05 Å². The zero-order valence-corrected chi connectivity index (χ0v) is 24.7. The van der Waals surface area contributed by atoms with E-state index in [4.69, 9.17) is 4.74 Å². The van der Waals surface area contributed by atoms with Gasteiger partial charge in [0.1, 0.15) is 0 Å². The molecule has 0 saturated heterocycles. The molecule has 0 saturated carbocycles. The smallest absolute Gasteiger partial charge is 0.0425 e. The third-order valence-electron chi connectivity index (χ3n) is 7.36. The van der Waals surface area contributed by atoms with Crippen molar-refractivity contribution < 1.29 is 21.7 Å². The second-order valence-electron chi connectivity index (χ2n) is 10.3. The van der Waals surface area contributed by atoms with Gasteiger partial charge in [-0.05, 0) is 53.2 Å². The van der Waals surface area contributed by atoms with Crippen LogP contribution < -0.4 is 0 Å². The van der Waals surface area contributed by atoms with E-state index in [1.807, 2.05) is 13.8 Å². The van der Waals surface area contributed by atoms with Crippen LogP contribution in [0.25, 0.3) is 0 Å². The SMILES string of the molecule is C=C(C)C(C)=CC.CCC(C)(C)P(=NC1=CC=CC1)(C(C)(C)CC)C(C)(C)CC.[Ti]. The summed E-state index contributed by atoms with van der Waals surface area (Å²) in [6, 6.07) is 0. The van der Waals surface area contributed by atoms with Gasteiger partial charge in [0.05, 0.1) is 0 Å². The second kappa shape index (κ2) is 12.8. The molecule has 0 aromatic carbocycles. The predicted octanol–water partition coefficient (Wildman–Crippen LogP) is 10.1. The standard InChI is InChI=1S/C20H38NP.C7H12.Ti/c1-10-18(4,5)22(19(6,7)11-2,20(8,9)12-3)21-17-15-13-14-16-17;1-5-7(4)6(2)3;/h13-15H,10-12,16H2,1-9H3;5H,2H2,1,3-4H3;. The summed E-state index contributed by atoms with van der Waals surface area (Å²) >= 11 is 0. The summed E-state index contributed by atoms with van der Waals surface area (Å²) in [6.07, 6.45) is 13.3. The van der Waals surface area contributed by atoms with Crippen LogP contribution in [0.15, 0.2) is 52.5 Å². The average Bonchev–Trinajstić information content (AvgIpc) is 3.18. The molecule has 1 aliphatic rings. The minimum absolute atomic E-state index is 0. The molecule has 1 aliphatic carbocycles. The van der Waals surface area contributed by atoms with Crippen LogP contribution in [0.5, 0.6) is 0 Å². The van der Waals surface area contributed by atoms with Gasteiger partial charge in [-0.15, -0.1) is 0 Å². The van der Waals surface area contributed by atoms with E-state index in [2.05, 4.69) is 100 Å². The van der Waals surface area contributed by atoms with Crippen LogP contribution in [0.4, 0.5) is 0 Å². The largest absolute Gasteiger partial charge is 0.270 e. The summed E-state index contributed by atoms with van der Waals surface area (Å²) in [5.41, 5.74) is 3.74. The van der Waals surface area contributed by atoms with Gasteiger partial charge in [-0.3, -0.25) is 4.74 Å². The first-order valence-corrected chi connectivity index (χ1v) is 13.2. The van der Waals surface area contributed by atoms with Gasteiger partial charge >= 0.3 is 0 Å². The number of hydrogen-bond donors (Lipinski definition) is 0. The minimum Gasteiger partial charge on any atom is -0.270 e. The average molecular weight is 468 g/mol. The molecule has 0 aliphatic heterocycles. The Balaban J connectivity index is 0. The van der Waals surface area contributed by atoms with Gasteiger partial charge in [-0.1, -0.05) is 98.3 Å². The van der Waals surface area contributed by atoms with E-state index in [1.54, 1.807) is 0 Å². The van der Waals surface area contributed by atoms with Gasteiger partial charge in [-0.25, -0.2) is 0 Å². The molecule has 0 heterocycles. The molecule has 0 fully saturated rings. The predicted molar refractivity (Wildman–Crippen MR) is 139 cm³/mol. The maximum Gasteiger partial charge on any atom is 0.0425 e. The summed E-state index contributed by atoms with van der Waals surface area (Å²) in [4.78, 5) is 0. The third-order valence-corrected chi connectivity index (χ3v) is 14.1. The summed E-state index contributed by atoms with van der Waals surface area (Å²) in [6.45, 7) is 31.7. The molecule has 0 unspecified atom stereocenters. The van der Waals surface area contributed by atoms with E-state index in [0.717, 1.165) is 12.0 Å². The van der Waals surface area contributed by atoms with Gasteiger partial charge in [-0.2, -0.15) is 0 Å². The maximum absolute atomic E-state index is 5.64. The van der Waals surface area contributed by atoms with Crippen LogP contribution in [0.2, 0.25) is 0 Å². The fourth-order valence-corrected chi connectivity index (χ4v) is 12.1. The van der Waals surface area contributed by atoms with Crippen LogP contribution in [-0.2, 0) is 21.7 Å². The first kappa shape index (κ1) is 32.1. The molecule has 0 bridgehead atoms. The molecular formula is C27H50NPTi. The number of rotatable bonds is 8. The minimum atomic E-state index is -1.64. The van der Waals surface area contributed by atoms with Crippen LogP contribution >= 0.6 is 7.05 Å². The summed E-state index contributed by atoms with van der Waals surface area (Å²) in [5.74, 6) is 0. The summed E-state index contributed by atoms with van der Waals surface area (Å²) in [5, 5.41) is 0.778. The molecular weight excluding hydrogens is 417 g/mol. The number of hydrogen-bond acceptors (Lipinski definition) is 1. The van der Waals surface area contributed by atoms with Crippen molar-refractivity contribution in [3.63, 3.8) is 0 Å². The van der Waals surface area contributed by atoms with E-state index < -0.39 is 7.05 Å². The Kier molecular flexibility index (Phi) is 13.7. The van der Waals surface area contributed by atoms with E-state index in [1.165, 1.54) is 30.5 Å². The molecule has 1 rings (SSSR count). The molecule has 0 amide bonds. The molecule has 0 spiro atoms. The van der Waals surface area contributed by atoms with E-state index >= 15 is 0 Å². The number of allylic oxidation sites excluding steroid dienone is 6. The van der Waals surface area contributed by atoms with Crippen molar-refractivity contribution in [3.05, 3.63) is 47.7 Å². The van der Waals surface area contributed by atoms with Gasteiger partial charge in [0.15, 0.2) is 0 Å².